The number of ether oxygens (including phenoxy) is 1. The molecule has 1 aromatic rings. The predicted octanol–water partition coefficient (Wildman–Crippen LogP) is 1.39. The van der Waals surface area contributed by atoms with Crippen LogP contribution in [0, 0.1) is 0 Å². The normalized spacial score (nSPS) is 13.4. The predicted molar refractivity (Wildman–Crippen MR) is 51.5 cm³/mol. The molecule has 0 aromatic heterocycles. The number of hydrogen-bond acceptors (Lipinski definition) is 1. The second-order valence-electron chi connectivity index (χ2n) is 3.29. The van der Waals surface area contributed by atoms with E-state index in [2.05, 4.69) is 25.1 Å². The second kappa shape index (κ2) is 3.67. The lowest BCUT2D eigenvalue weighted by Crippen LogP contribution is -2.12. The fourth-order valence-corrected chi connectivity index (χ4v) is 2.94. The molecule has 1 nitrogen and oxygen atoms in total. The van der Waals surface area contributed by atoms with Gasteiger partial charge in [0.05, 0.1) is 6.61 Å². The fraction of sp³-hybridized carbons (Fsp3) is 0.400. The Kier molecular flexibility index (Phi) is 2.56. The zero-order valence-electron chi connectivity index (χ0n) is 7.47. The van der Waals surface area contributed by atoms with Crippen LogP contribution in [0.4, 0.5) is 0 Å². The zero-order valence-corrected chi connectivity index (χ0v) is 8.88. The summed E-state index contributed by atoms with van der Waals surface area (Å²) >= 11 is 0.0245. The van der Waals surface area contributed by atoms with Crippen LogP contribution in [0.15, 0.2) is 18.2 Å². The van der Waals surface area contributed by atoms with E-state index in [0.29, 0.717) is 0 Å². The van der Waals surface area contributed by atoms with E-state index in [1.54, 1.807) is 3.69 Å². The number of benzene rings is 1. The monoisotopic (exact) mass is 172 g/mol. The van der Waals surface area contributed by atoms with Crippen LogP contribution in [0.5, 0.6) is 5.75 Å². The minimum atomic E-state index is 0.0245. The van der Waals surface area contributed by atoms with Gasteiger partial charge in [0, 0.05) is 6.42 Å². The highest BCUT2D eigenvalue weighted by molar-refractivity contribution is 6.53. The Bertz CT molecular complexity index is 283. The largest absolute Gasteiger partial charge is 0.493 e. The lowest BCUT2D eigenvalue weighted by Gasteiger charge is -2.01. The average molecular weight is 173 g/mol. The number of hydrogen-bond donors (Lipinski definition) is 0. The SMILES string of the molecule is C[CH2][Mg][c]1ccc2c(c1)CCO2. The minimum absolute atomic E-state index is 0.0245. The van der Waals surface area contributed by atoms with Crippen LogP contribution < -0.4 is 8.43 Å². The highest BCUT2D eigenvalue weighted by Gasteiger charge is 2.11. The van der Waals surface area contributed by atoms with Gasteiger partial charge in [0.15, 0.2) is 0 Å². The van der Waals surface area contributed by atoms with Gasteiger partial charge in [0.1, 0.15) is 5.75 Å². The van der Waals surface area contributed by atoms with Crippen LogP contribution in [0.3, 0.4) is 0 Å². The van der Waals surface area contributed by atoms with Crippen molar-refractivity contribution in [3.8, 4) is 5.75 Å². The molecule has 2 rings (SSSR count). The molecule has 0 aliphatic carbocycles. The minimum Gasteiger partial charge on any atom is -0.493 e. The van der Waals surface area contributed by atoms with Gasteiger partial charge in [0.2, 0.25) is 0 Å². The summed E-state index contributed by atoms with van der Waals surface area (Å²) in [6, 6.07) is 6.72. The maximum atomic E-state index is 5.45. The first-order valence-electron chi connectivity index (χ1n) is 4.65. The molecule has 0 radical (unpaired) electrons. The number of rotatable bonds is 2. The topological polar surface area (TPSA) is 9.23 Å². The Balaban J connectivity index is 2.26. The van der Waals surface area contributed by atoms with E-state index >= 15 is 0 Å². The Morgan fingerprint density at radius 3 is 3.25 bits per heavy atom. The van der Waals surface area contributed by atoms with Crippen molar-refractivity contribution >= 4 is 24.1 Å². The first-order valence-corrected chi connectivity index (χ1v) is 6.35. The van der Waals surface area contributed by atoms with E-state index < -0.39 is 0 Å². The van der Waals surface area contributed by atoms with Crippen LogP contribution in [0.2, 0.25) is 4.55 Å². The van der Waals surface area contributed by atoms with Crippen LogP contribution in [-0.4, -0.2) is 27.0 Å². The van der Waals surface area contributed by atoms with Gasteiger partial charge >= 0.3 is 20.4 Å². The summed E-state index contributed by atoms with van der Waals surface area (Å²) in [4.78, 5) is 0. The summed E-state index contributed by atoms with van der Waals surface area (Å²) in [7, 11) is 0. The van der Waals surface area contributed by atoms with E-state index in [-0.39, 0.29) is 20.4 Å². The van der Waals surface area contributed by atoms with Crippen molar-refractivity contribution < 1.29 is 4.74 Å². The van der Waals surface area contributed by atoms with Crippen molar-refractivity contribution in [1.29, 1.82) is 0 Å². The van der Waals surface area contributed by atoms with Crippen LogP contribution in [0.1, 0.15) is 12.5 Å². The smallest absolute Gasteiger partial charge is 0.408 e. The first-order chi connectivity index (χ1) is 5.90. The quantitative estimate of drug-likeness (QED) is 0.613. The van der Waals surface area contributed by atoms with Crippen molar-refractivity contribution in [3.05, 3.63) is 23.8 Å². The zero-order chi connectivity index (χ0) is 8.39. The Labute approximate surface area is 82.8 Å². The molecule has 60 valence electrons. The van der Waals surface area contributed by atoms with Crippen molar-refractivity contribution in [2.75, 3.05) is 6.61 Å². The molecule has 12 heavy (non-hydrogen) atoms. The molecule has 0 saturated carbocycles. The Hall–Kier alpha value is -0.214. The lowest BCUT2D eigenvalue weighted by molar-refractivity contribution is 0.357. The van der Waals surface area contributed by atoms with Gasteiger partial charge < -0.3 is 4.74 Å². The molecule has 0 unspecified atom stereocenters. The van der Waals surface area contributed by atoms with Gasteiger partial charge in [0.25, 0.3) is 0 Å². The molecule has 2 heteroatoms. The van der Waals surface area contributed by atoms with Gasteiger partial charge in [-0.25, -0.2) is 0 Å². The molecular weight excluding hydrogens is 160 g/mol. The molecule has 1 heterocycles. The van der Waals surface area contributed by atoms with Gasteiger partial charge in [-0.1, -0.05) is 19.1 Å². The molecule has 0 amide bonds. The highest BCUT2D eigenvalue weighted by Crippen LogP contribution is 2.22. The third-order valence-electron chi connectivity index (χ3n) is 2.29. The van der Waals surface area contributed by atoms with Crippen molar-refractivity contribution in [1.82, 2.24) is 0 Å². The Morgan fingerprint density at radius 2 is 2.42 bits per heavy atom. The fourth-order valence-electron chi connectivity index (χ4n) is 1.68. The average Bonchev–Trinajstić information content (AvgIpc) is 2.51. The molecular formula is C10H12MgO. The van der Waals surface area contributed by atoms with Crippen molar-refractivity contribution in [2.45, 2.75) is 17.9 Å². The van der Waals surface area contributed by atoms with E-state index in [9.17, 15) is 0 Å². The summed E-state index contributed by atoms with van der Waals surface area (Å²) in [5.74, 6) is 1.11. The van der Waals surface area contributed by atoms with Gasteiger partial charge in [-0.2, -0.15) is 3.69 Å². The standard InChI is InChI=1S/C8H7O.C2H5.Mg/c1-2-4-8-7(3-1)5-6-9-8;1-2;/h2-4H,5-6H2;1H2,2H3;. The summed E-state index contributed by atoms with van der Waals surface area (Å²) in [6.45, 7) is 3.16. The maximum Gasteiger partial charge on any atom is 0.408 e. The molecule has 0 saturated heterocycles. The van der Waals surface area contributed by atoms with Crippen LogP contribution >= 0.6 is 0 Å². The van der Waals surface area contributed by atoms with Gasteiger partial charge in [-0.15, -0.1) is 4.55 Å². The number of fused-ring (bicyclic) bond motifs is 1. The van der Waals surface area contributed by atoms with Crippen molar-refractivity contribution in [2.24, 2.45) is 0 Å². The highest BCUT2D eigenvalue weighted by atomic mass is 24.5. The van der Waals surface area contributed by atoms with E-state index in [0.717, 1.165) is 18.8 Å². The van der Waals surface area contributed by atoms with Crippen molar-refractivity contribution in [3.63, 3.8) is 0 Å². The summed E-state index contributed by atoms with van der Waals surface area (Å²) < 4.78 is 8.39. The van der Waals surface area contributed by atoms with E-state index in [1.165, 1.54) is 10.1 Å². The summed E-state index contributed by atoms with van der Waals surface area (Å²) in [5, 5.41) is 0. The van der Waals surface area contributed by atoms with Crippen LogP contribution in [-0.2, 0) is 6.42 Å². The molecule has 1 aliphatic heterocycles. The van der Waals surface area contributed by atoms with Gasteiger partial charge in [-0.05, 0) is 11.6 Å². The summed E-state index contributed by atoms with van der Waals surface area (Å²) in [5.41, 5.74) is 1.42. The molecule has 1 aliphatic rings. The Morgan fingerprint density at radius 1 is 1.50 bits per heavy atom. The third-order valence-corrected chi connectivity index (χ3v) is 3.81. The molecule has 1 aromatic carbocycles. The summed E-state index contributed by atoms with van der Waals surface area (Å²) in [6.07, 6.45) is 1.11. The first kappa shape index (κ1) is 8.39. The lowest BCUT2D eigenvalue weighted by atomic mass is 10.2. The second-order valence-corrected chi connectivity index (χ2v) is 5.61. The van der Waals surface area contributed by atoms with Gasteiger partial charge in [-0.3, -0.25) is 0 Å². The molecule has 0 N–H and O–H groups in total. The molecule has 0 bridgehead atoms. The molecule has 0 spiro atoms. The maximum absolute atomic E-state index is 5.45. The molecule has 0 fully saturated rings. The van der Waals surface area contributed by atoms with E-state index in [1.807, 2.05) is 0 Å². The molecule has 0 atom stereocenters. The van der Waals surface area contributed by atoms with E-state index in [4.69, 9.17) is 4.74 Å². The third kappa shape index (κ3) is 1.59. The van der Waals surface area contributed by atoms with Crippen LogP contribution in [0.25, 0.3) is 0 Å².